The summed E-state index contributed by atoms with van der Waals surface area (Å²) in [6, 6.07) is 9.02. The highest BCUT2D eigenvalue weighted by atomic mass is 35.5. The van der Waals surface area contributed by atoms with Crippen molar-refractivity contribution in [3.05, 3.63) is 52.9 Å². The minimum atomic E-state index is -0.0370. The number of benzene rings is 1. The van der Waals surface area contributed by atoms with Crippen molar-refractivity contribution < 1.29 is 13.9 Å². The Labute approximate surface area is 144 Å². The van der Waals surface area contributed by atoms with E-state index in [1.54, 1.807) is 31.6 Å². The van der Waals surface area contributed by atoms with Crippen LogP contribution in [0.5, 0.6) is 5.75 Å². The van der Waals surface area contributed by atoms with E-state index >= 15 is 0 Å². The average molecular weight is 352 g/mol. The fourth-order valence-corrected chi connectivity index (χ4v) is 4.05. The number of rotatable bonds is 3. The van der Waals surface area contributed by atoms with Crippen molar-refractivity contribution in [2.45, 2.75) is 11.7 Å². The number of hydrogen-bond donors (Lipinski definition) is 0. The maximum Gasteiger partial charge on any atom is 0.257 e. The Morgan fingerprint density at radius 2 is 2.26 bits per heavy atom. The number of nitrogens with zero attached hydrogens (tertiary/aromatic N) is 1. The molecule has 1 atom stereocenters. The van der Waals surface area contributed by atoms with Gasteiger partial charge in [0.2, 0.25) is 0 Å². The van der Waals surface area contributed by atoms with Gasteiger partial charge in [0, 0.05) is 23.9 Å². The monoisotopic (exact) mass is 351 g/mol. The number of halogens is 1. The molecular weight excluding hydrogens is 334 g/mol. The van der Waals surface area contributed by atoms with E-state index in [1.165, 1.54) is 0 Å². The molecule has 0 spiro atoms. The first-order chi connectivity index (χ1) is 11.2. The number of carbonyl (C=O) groups excluding carboxylic acids is 1. The van der Waals surface area contributed by atoms with Crippen molar-refractivity contribution in [1.29, 1.82) is 0 Å². The number of thioether (sulfide) groups is 1. The molecule has 4 nitrogen and oxygen atoms in total. The summed E-state index contributed by atoms with van der Waals surface area (Å²) in [6.45, 7) is 1.39. The lowest BCUT2D eigenvalue weighted by molar-refractivity contribution is 0.0762. The second kappa shape index (κ2) is 7.32. The Kier molecular flexibility index (Phi) is 5.18. The van der Waals surface area contributed by atoms with Gasteiger partial charge in [-0.15, -0.1) is 11.8 Å². The molecule has 1 aromatic heterocycles. The standard InChI is InChI=1S/C17H18ClNO3S/c1-21-14-5-4-12(18)11-13(14)17(20)19-7-6-16(23-10-8-19)15-3-2-9-22-15/h2-5,9,11,16H,6-8,10H2,1H3. The molecule has 0 bridgehead atoms. The van der Waals surface area contributed by atoms with Gasteiger partial charge < -0.3 is 14.1 Å². The van der Waals surface area contributed by atoms with Crippen LogP contribution in [0.1, 0.15) is 27.8 Å². The van der Waals surface area contributed by atoms with Gasteiger partial charge in [0.15, 0.2) is 0 Å². The molecule has 0 saturated carbocycles. The lowest BCUT2D eigenvalue weighted by atomic mass is 10.1. The molecule has 0 radical (unpaired) electrons. The summed E-state index contributed by atoms with van der Waals surface area (Å²) in [5, 5.41) is 0.830. The first-order valence-electron chi connectivity index (χ1n) is 7.47. The summed E-state index contributed by atoms with van der Waals surface area (Å²) >= 11 is 7.86. The Hall–Kier alpha value is -1.59. The van der Waals surface area contributed by atoms with E-state index in [-0.39, 0.29) is 5.91 Å². The van der Waals surface area contributed by atoms with Crippen LogP contribution < -0.4 is 4.74 Å². The minimum absolute atomic E-state index is 0.0370. The fourth-order valence-electron chi connectivity index (χ4n) is 2.69. The molecule has 1 unspecified atom stereocenters. The summed E-state index contributed by atoms with van der Waals surface area (Å²) in [7, 11) is 1.56. The van der Waals surface area contributed by atoms with Crippen LogP contribution >= 0.6 is 23.4 Å². The molecule has 122 valence electrons. The first-order valence-corrected chi connectivity index (χ1v) is 8.89. The predicted octanol–water partition coefficient (Wildman–Crippen LogP) is 4.26. The average Bonchev–Trinajstić information content (AvgIpc) is 2.99. The molecule has 1 fully saturated rings. The predicted molar refractivity (Wildman–Crippen MR) is 92.4 cm³/mol. The summed E-state index contributed by atoms with van der Waals surface area (Å²) < 4.78 is 10.8. The molecule has 1 aliphatic heterocycles. The Morgan fingerprint density at radius 3 is 3.00 bits per heavy atom. The zero-order chi connectivity index (χ0) is 16.2. The normalized spacial score (nSPS) is 18.5. The lowest BCUT2D eigenvalue weighted by Gasteiger charge is -2.21. The van der Waals surface area contributed by atoms with Crippen LogP contribution in [0.4, 0.5) is 0 Å². The van der Waals surface area contributed by atoms with E-state index in [0.717, 1.165) is 17.9 Å². The summed E-state index contributed by atoms with van der Waals surface area (Å²) in [5.41, 5.74) is 0.515. The molecule has 3 rings (SSSR count). The van der Waals surface area contributed by atoms with Crippen molar-refractivity contribution in [2.75, 3.05) is 26.0 Å². The molecule has 23 heavy (non-hydrogen) atoms. The second-order valence-corrected chi connectivity index (χ2v) is 7.05. The van der Waals surface area contributed by atoms with Crippen LogP contribution in [0.2, 0.25) is 5.02 Å². The van der Waals surface area contributed by atoms with Crippen molar-refractivity contribution >= 4 is 29.3 Å². The van der Waals surface area contributed by atoms with Crippen LogP contribution in [-0.4, -0.2) is 36.8 Å². The third-order valence-corrected chi connectivity index (χ3v) is 5.40. The van der Waals surface area contributed by atoms with E-state index in [2.05, 4.69) is 0 Å². The largest absolute Gasteiger partial charge is 0.496 e. The molecule has 1 saturated heterocycles. The van der Waals surface area contributed by atoms with Crippen molar-refractivity contribution in [3.63, 3.8) is 0 Å². The highest BCUT2D eigenvalue weighted by Crippen LogP contribution is 2.35. The number of furan rings is 1. The molecule has 0 aliphatic carbocycles. The topological polar surface area (TPSA) is 42.7 Å². The summed E-state index contributed by atoms with van der Waals surface area (Å²) in [5.74, 6) is 2.37. The smallest absolute Gasteiger partial charge is 0.257 e. The van der Waals surface area contributed by atoms with Gasteiger partial charge in [0.05, 0.1) is 24.2 Å². The fraction of sp³-hybridized carbons (Fsp3) is 0.353. The molecule has 1 aliphatic rings. The van der Waals surface area contributed by atoms with Gasteiger partial charge in [-0.05, 0) is 36.8 Å². The van der Waals surface area contributed by atoms with E-state index in [0.29, 0.717) is 34.7 Å². The van der Waals surface area contributed by atoms with Crippen LogP contribution in [0.3, 0.4) is 0 Å². The van der Waals surface area contributed by atoms with Crippen LogP contribution in [-0.2, 0) is 0 Å². The van der Waals surface area contributed by atoms with E-state index < -0.39 is 0 Å². The molecule has 1 amide bonds. The Morgan fingerprint density at radius 1 is 1.39 bits per heavy atom. The molecule has 1 aromatic carbocycles. The molecular formula is C17H18ClNO3S. The minimum Gasteiger partial charge on any atom is -0.496 e. The third-order valence-electron chi connectivity index (χ3n) is 3.88. The number of carbonyl (C=O) groups is 1. The van der Waals surface area contributed by atoms with E-state index in [4.69, 9.17) is 20.8 Å². The zero-order valence-electron chi connectivity index (χ0n) is 12.8. The number of ether oxygens (including phenoxy) is 1. The maximum atomic E-state index is 12.8. The van der Waals surface area contributed by atoms with Gasteiger partial charge in [0.1, 0.15) is 11.5 Å². The van der Waals surface area contributed by atoms with Crippen molar-refractivity contribution in [3.8, 4) is 5.75 Å². The second-order valence-electron chi connectivity index (χ2n) is 5.30. The lowest BCUT2D eigenvalue weighted by Crippen LogP contribution is -2.33. The molecule has 0 N–H and O–H groups in total. The van der Waals surface area contributed by atoms with Gasteiger partial charge in [-0.25, -0.2) is 0 Å². The number of hydrogen-bond acceptors (Lipinski definition) is 4. The van der Waals surface area contributed by atoms with Gasteiger partial charge >= 0.3 is 0 Å². The highest BCUT2D eigenvalue weighted by Gasteiger charge is 2.25. The first kappa shape index (κ1) is 16.3. The van der Waals surface area contributed by atoms with Crippen molar-refractivity contribution in [2.24, 2.45) is 0 Å². The third kappa shape index (κ3) is 3.67. The highest BCUT2D eigenvalue weighted by molar-refractivity contribution is 7.99. The SMILES string of the molecule is COc1ccc(Cl)cc1C(=O)N1CCSC(c2ccco2)CC1. The number of methoxy groups -OCH3 is 1. The van der Waals surface area contributed by atoms with E-state index in [1.807, 2.05) is 28.8 Å². The number of amides is 1. The quantitative estimate of drug-likeness (QED) is 0.828. The Balaban J connectivity index is 1.74. The van der Waals surface area contributed by atoms with Crippen LogP contribution in [0, 0.1) is 0 Å². The van der Waals surface area contributed by atoms with Gasteiger partial charge in [-0.2, -0.15) is 0 Å². The van der Waals surface area contributed by atoms with E-state index in [9.17, 15) is 4.79 Å². The molecule has 2 heterocycles. The molecule has 6 heteroatoms. The van der Waals surface area contributed by atoms with Crippen LogP contribution in [0.25, 0.3) is 0 Å². The van der Waals surface area contributed by atoms with Crippen LogP contribution in [0.15, 0.2) is 41.0 Å². The van der Waals surface area contributed by atoms with Crippen molar-refractivity contribution in [1.82, 2.24) is 4.90 Å². The van der Waals surface area contributed by atoms with Gasteiger partial charge in [0.25, 0.3) is 5.91 Å². The van der Waals surface area contributed by atoms with Gasteiger partial charge in [-0.3, -0.25) is 4.79 Å². The maximum absolute atomic E-state index is 12.8. The molecule has 2 aromatic rings. The Bertz CT molecular complexity index is 674. The summed E-state index contributed by atoms with van der Waals surface area (Å²) in [4.78, 5) is 14.7. The van der Waals surface area contributed by atoms with Gasteiger partial charge in [-0.1, -0.05) is 11.6 Å². The zero-order valence-corrected chi connectivity index (χ0v) is 14.4. The summed E-state index contributed by atoms with van der Waals surface area (Å²) in [6.07, 6.45) is 2.56.